The molecule has 0 saturated heterocycles. The summed E-state index contributed by atoms with van der Waals surface area (Å²) in [5.74, 6) is -1.51. The molecule has 2 atom stereocenters. The maximum absolute atomic E-state index is 12.5. The number of aliphatic carboxylic acids is 1. The highest BCUT2D eigenvalue weighted by Crippen LogP contribution is 2.44. The maximum Gasteiger partial charge on any atom is 0.407 e. The minimum atomic E-state index is -1.09. The second kappa shape index (κ2) is 9.42. The number of fused-ring (bicyclic) bond motifs is 3. The highest BCUT2D eigenvalue weighted by Gasteiger charge is 2.32. The highest BCUT2D eigenvalue weighted by atomic mass is 16.5. The number of alkyl carbamates (subject to hydrolysis) is 1. The van der Waals surface area contributed by atoms with E-state index in [4.69, 9.17) is 9.84 Å². The van der Waals surface area contributed by atoms with Crippen molar-refractivity contribution in [2.45, 2.75) is 38.1 Å². The Hall–Kier alpha value is -3.35. The number of carboxylic acids is 1. The molecule has 0 heterocycles. The van der Waals surface area contributed by atoms with E-state index in [1.54, 1.807) is 0 Å². The summed E-state index contributed by atoms with van der Waals surface area (Å²) in [5.41, 5.74) is 4.59. The van der Waals surface area contributed by atoms with Gasteiger partial charge in [0.05, 0.1) is 5.92 Å². The van der Waals surface area contributed by atoms with Gasteiger partial charge in [-0.3, -0.25) is 9.59 Å². The molecule has 3 N–H and O–H groups in total. The van der Waals surface area contributed by atoms with Crippen LogP contribution in [0.15, 0.2) is 48.5 Å². The van der Waals surface area contributed by atoms with Crippen LogP contribution in [0.4, 0.5) is 4.79 Å². The number of amides is 2. The van der Waals surface area contributed by atoms with Crippen molar-refractivity contribution in [3.05, 3.63) is 59.7 Å². The number of ether oxygens (including phenoxy) is 1. The summed E-state index contributed by atoms with van der Waals surface area (Å²) in [5, 5.41) is 14.2. The third-order valence-electron chi connectivity index (χ3n) is 6.25. The topological polar surface area (TPSA) is 105 Å². The van der Waals surface area contributed by atoms with Crippen LogP contribution in [-0.2, 0) is 14.3 Å². The van der Waals surface area contributed by atoms with Crippen molar-refractivity contribution in [3.63, 3.8) is 0 Å². The predicted octanol–water partition coefficient (Wildman–Crippen LogP) is 3.53. The van der Waals surface area contributed by atoms with E-state index in [1.807, 2.05) is 24.3 Å². The molecule has 0 aromatic heterocycles. The molecule has 7 nitrogen and oxygen atoms in total. The van der Waals surface area contributed by atoms with Crippen molar-refractivity contribution in [1.29, 1.82) is 0 Å². The molecule has 0 bridgehead atoms. The van der Waals surface area contributed by atoms with Crippen LogP contribution in [0.2, 0.25) is 0 Å². The minimum Gasteiger partial charge on any atom is -0.480 e. The molecule has 7 heteroatoms. The number of hydrogen-bond donors (Lipinski definition) is 3. The Balaban J connectivity index is 1.34. The molecule has 0 spiro atoms. The fraction of sp³-hybridized carbons (Fsp3) is 0.400. The van der Waals surface area contributed by atoms with Gasteiger partial charge in [0.1, 0.15) is 12.6 Å². The van der Waals surface area contributed by atoms with Crippen molar-refractivity contribution < 1.29 is 24.2 Å². The highest BCUT2D eigenvalue weighted by molar-refractivity contribution is 5.85. The van der Waals surface area contributed by atoms with Crippen LogP contribution in [0.5, 0.6) is 0 Å². The van der Waals surface area contributed by atoms with E-state index < -0.39 is 24.0 Å². The summed E-state index contributed by atoms with van der Waals surface area (Å²) < 4.78 is 5.53. The monoisotopic (exact) mass is 436 g/mol. The number of nitrogens with one attached hydrogen (secondary N) is 2. The van der Waals surface area contributed by atoms with Crippen molar-refractivity contribution in [2.24, 2.45) is 11.8 Å². The van der Waals surface area contributed by atoms with Crippen molar-refractivity contribution in [2.75, 3.05) is 13.2 Å². The molecule has 2 aliphatic rings. The minimum absolute atomic E-state index is 0.0323. The largest absolute Gasteiger partial charge is 0.480 e. The van der Waals surface area contributed by atoms with E-state index in [1.165, 1.54) is 6.92 Å². The van der Waals surface area contributed by atoms with Crippen LogP contribution in [0.3, 0.4) is 0 Å². The molecular formula is C25H28N2O5. The molecule has 2 aromatic carbocycles. The van der Waals surface area contributed by atoms with E-state index in [-0.39, 0.29) is 25.0 Å². The zero-order valence-electron chi connectivity index (χ0n) is 18.0. The SMILES string of the molecule is CC(NC(=O)C(CNC(=O)OCC1c2ccccc2-c2ccccc21)CC1CC1)C(=O)O. The first-order valence-corrected chi connectivity index (χ1v) is 11.1. The van der Waals surface area contributed by atoms with Crippen LogP contribution in [0.1, 0.15) is 43.2 Å². The molecule has 0 aliphatic heterocycles. The standard InChI is InChI=1S/C25H28N2O5/c1-15(24(29)30)27-23(28)17(12-16-10-11-16)13-26-25(31)32-14-22-20-8-4-2-6-18(20)19-7-3-5-9-21(19)22/h2-9,15-17,22H,10-14H2,1H3,(H,26,31)(H,27,28)(H,29,30). The number of rotatable bonds is 9. The summed E-state index contributed by atoms with van der Waals surface area (Å²) >= 11 is 0. The van der Waals surface area contributed by atoms with E-state index in [9.17, 15) is 14.4 Å². The Morgan fingerprint density at radius 1 is 1.03 bits per heavy atom. The Morgan fingerprint density at radius 2 is 1.62 bits per heavy atom. The molecule has 168 valence electrons. The molecule has 2 amide bonds. The van der Waals surface area contributed by atoms with Gasteiger partial charge in [0.25, 0.3) is 0 Å². The molecule has 2 aromatic rings. The van der Waals surface area contributed by atoms with Gasteiger partial charge in [0.2, 0.25) is 5.91 Å². The van der Waals surface area contributed by atoms with Crippen molar-refractivity contribution >= 4 is 18.0 Å². The Bertz CT molecular complexity index is 971. The summed E-state index contributed by atoms with van der Waals surface area (Å²) in [6.45, 7) is 1.74. The lowest BCUT2D eigenvalue weighted by atomic mass is 9.98. The maximum atomic E-state index is 12.5. The van der Waals surface area contributed by atoms with E-state index in [2.05, 4.69) is 34.9 Å². The molecule has 4 rings (SSSR count). The summed E-state index contributed by atoms with van der Waals surface area (Å²) in [4.78, 5) is 36.0. The third-order valence-corrected chi connectivity index (χ3v) is 6.25. The van der Waals surface area contributed by atoms with E-state index in [0.29, 0.717) is 12.3 Å². The predicted molar refractivity (Wildman–Crippen MR) is 119 cm³/mol. The molecule has 0 radical (unpaired) electrons. The second-order valence-electron chi connectivity index (χ2n) is 8.65. The lowest BCUT2D eigenvalue weighted by molar-refractivity contribution is -0.142. The lowest BCUT2D eigenvalue weighted by Gasteiger charge is -2.19. The van der Waals surface area contributed by atoms with Crippen LogP contribution in [0, 0.1) is 11.8 Å². The molecule has 1 fully saturated rings. The average molecular weight is 437 g/mol. The van der Waals surface area contributed by atoms with Gasteiger partial charge in [0, 0.05) is 12.5 Å². The zero-order chi connectivity index (χ0) is 22.7. The summed E-state index contributed by atoms with van der Waals surface area (Å²) in [6, 6.07) is 15.3. The van der Waals surface area contributed by atoms with Crippen LogP contribution in [0.25, 0.3) is 11.1 Å². The van der Waals surface area contributed by atoms with Gasteiger partial charge >= 0.3 is 12.1 Å². The first kappa shape index (κ1) is 21.9. The Morgan fingerprint density at radius 3 is 2.19 bits per heavy atom. The van der Waals surface area contributed by atoms with Gasteiger partial charge in [-0.1, -0.05) is 61.4 Å². The number of carboxylic acid groups (broad SMARTS) is 1. The van der Waals surface area contributed by atoms with Crippen LogP contribution >= 0.6 is 0 Å². The number of carbonyl (C=O) groups excluding carboxylic acids is 2. The van der Waals surface area contributed by atoms with Crippen LogP contribution < -0.4 is 10.6 Å². The molecule has 32 heavy (non-hydrogen) atoms. The van der Waals surface area contributed by atoms with Gasteiger partial charge < -0.3 is 20.5 Å². The summed E-state index contributed by atoms with van der Waals surface area (Å²) in [6.07, 6.45) is 2.17. The van der Waals surface area contributed by atoms with Gasteiger partial charge in [0.15, 0.2) is 0 Å². The van der Waals surface area contributed by atoms with E-state index in [0.717, 1.165) is 35.1 Å². The van der Waals surface area contributed by atoms with Gasteiger partial charge in [-0.05, 0) is 41.5 Å². The molecular weight excluding hydrogens is 408 g/mol. The van der Waals surface area contributed by atoms with Crippen LogP contribution in [-0.4, -0.2) is 42.3 Å². The first-order chi connectivity index (χ1) is 15.4. The van der Waals surface area contributed by atoms with Crippen molar-refractivity contribution in [1.82, 2.24) is 10.6 Å². The molecule has 1 saturated carbocycles. The number of benzene rings is 2. The van der Waals surface area contributed by atoms with Gasteiger partial charge in [-0.2, -0.15) is 0 Å². The summed E-state index contributed by atoms with van der Waals surface area (Å²) in [7, 11) is 0. The first-order valence-electron chi connectivity index (χ1n) is 11.1. The second-order valence-corrected chi connectivity index (χ2v) is 8.65. The van der Waals surface area contributed by atoms with Gasteiger partial charge in [-0.25, -0.2) is 4.79 Å². The smallest absolute Gasteiger partial charge is 0.407 e. The fourth-order valence-electron chi connectivity index (χ4n) is 4.29. The normalized spacial score (nSPS) is 16.4. The average Bonchev–Trinajstić information content (AvgIpc) is 3.55. The quantitative estimate of drug-likeness (QED) is 0.558. The Kier molecular flexibility index (Phi) is 6.44. The number of hydrogen-bond acceptors (Lipinski definition) is 4. The zero-order valence-corrected chi connectivity index (χ0v) is 18.0. The van der Waals surface area contributed by atoms with E-state index >= 15 is 0 Å². The fourth-order valence-corrected chi connectivity index (χ4v) is 4.29. The van der Waals surface area contributed by atoms with Crippen molar-refractivity contribution in [3.8, 4) is 11.1 Å². The third kappa shape index (κ3) is 4.93. The molecule has 2 unspecified atom stereocenters. The number of carbonyl (C=O) groups is 3. The molecule has 2 aliphatic carbocycles. The van der Waals surface area contributed by atoms with Gasteiger partial charge in [-0.15, -0.1) is 0 Å². The Labute approximate surface area is 187 Å². The lowest BCUT2D eigenvalue weighted by Crippen LogP contribution is -2.45.